The molecule has 1 saturated heterocycles. The highest BCUT2D eigenvalue weighted by Crippen LogP contribution is 2.29. The molecule has 7 nitrogen and oxygen atoms in total. The number of sulfonamides is 1. The van der Waals surface area contributed by atoms with E-state index in [-0.39, 0.29) is 31.1 Å². The van der Waals surface area contributed by atoms with E-state index in [0.717, 1.165) is 21.0 Å². The molecule has 1 aliphatic heterocycles. The molecule has 1 fully saturated rings. The largest absolute Gasteiger partial charge is 0.350 e. The predicted octanol–water partition coefficient (Wildman–Crippen LogP) is 3.10. The Balaban J connectivity index is 1.65. The van der Waals surface area contributed by atoms with Gasteiger partial charge in [0.1, 0.15) is 5.54 Å². The Hall–Kier alpha value is -3.49. The summed E-state index contributed by atoms with van der Waals surface area (Å²) in [6.45, 7) is 3.50. The molecule has 1 aliphatic rings. The lowest BCUT2D eigenvalue weighted by atomic mass is 9.94. The number of nitrogens with zero attached hydrogens (tertiary/aromatic N) is 2. The summed E-state index contributed by atoms with van der Waals surface area (Å²) < 4.78 is 28.0. The SMILES string of the molecule is Cc1ccc(S(=O)(=O)N2CC(=O)N(Cc3ccccc3)[C@@](C)(C(=O)NCc3ccccc3)C2)cc1. The fourth-order valence-electron chi connectivity index (χ4n) is 4.22. The average Bonchev–Trinajstić information content (AvgIpc) is 2.86. The van der Waals surface area contributed by atoms with E-state index in [1.807, 2.05) is 67.6 Å². The molecule has 4 rings (SSSR count). The second-order valence-corrected chi connectivity index (χ2v) is 10.9. The molecule has 1 heterocycles. The Labute approximate surface area is 206 Å². The van der Waals surface area contributed by atoms with Crippen molar-refractivity contribution in [1.29, 1.82) is 0 Å². The highest BCUT2D eigenvalue weighted by atomic mass is 32.2. The van der Waals surface area contributed by atoms with Crippen molar-refractivity contribution in [2.24, 2.45) is 0 Å². The first-order valence-corrected chi connectivity index (χ1v) is 12.9. The average molecular weight is 492 g/mol. The monoisotopic (exact) mass is 491 g/mol. The van der Waals surface area contributed by atoms with Crippen LogP contribution in [0.3, 0.4) is 0 Å². The number of aryl methyl sites for hydroxylation is 1. The van der Waals surface area contributed by atoms with Crippen LogP contribution >= 0.6 is 0 Å². The van der Waals surface area contributed by atoms with E-state index in [1.54, 1.807) is 19.1 Å². The van der Waals surface area contributed by atoms with E-state index in [1.165, 1.54) is 17.0 Å². The van der Waals surface area contributed by atoms with Crippen LogP contribution in [-0.2, 0) is 32.7 Å². The van der Waals surface area contributed by atoms with Gasteiger partial charge in [0, 0.05) is 19.6 Å². The highest BCUT2D eigenvalue weighted by molar-refractivity contribution is 7.89. The molecule has 2 amide bonds. The van der Waals surface area contributed by atoms with Crippen molar-refractivity contribution in [2.45, 2.75) is 37.4 Å². The summed E-state index contributed by atoms with van der Waals surface area (Å²) in [5.41, 5.74) is 1.29. The molecule has 0 spiro atoms. The molecule has 3 aromatic carbocycles. The zero-order valence-electron chi connectivity index (χ0n) is 19.8. The van der Waals surface area contributed by atoms with E-state index in [0.29, 0.717) is 0 Å². The summed E-state index contributed by atoms with van der Waals surface area (Å²) in [5.74, 6) is -0.831. The van der Waals surface area contributed by atoms with Gasteiger partial charge in [-0.15, -0.1) is 0 Å². The van der Waals surface area contributed by atoms with Crippen LogP contribution in [0, 0.1) is 6.92 Å². The van der Waals surface area contributed by atoms with Crippen LogP contribution in [0.25, 0.3) is 0 Å². The van der Waals surface area contributed by atoms with E-state index >= 15 is 0 Å². The highest BCUT2D eigenvalue weighted by Gasteiger charge is 2.50. The molecule has 0 saturated carbocycles. The standard InChI is InChI=1S/C27H29N3O4S/c1-21-13-15-24(16-14-21)35(33,34)29-19-25(31)30(18-23-11-7-4-8-12-23)27(2,20-29)26(32)28-17-22-9-5-3-6-10-22/h3-16H,17-20H2,1-2H3,(H,28,32)/t27-/m1/s1. The zero-order valence-corrected chi connectivity index (χ0v) is 20.7. The second-order valence-electron chi connectivity index (χ2n) is 8.99. The lowest BCUT2D eigenvalue weighted by Gasteiger charge is -2.46. The zero-order chi connectivity index (χ0) is 25.1. The van der Waals surface area contributed by atoms with Crippen molar-refractivity contribution < 1.29 is 18.0 Å². The first-order chi connectivity index (χ1) is 16.7. The fraction of sp³-hybridized carbons (Fsp3) is 0.259. The lowest BCUT2D eigenvalue weighted by Crippen LogP contribution is -2.69. The van der Waals surface area contributed by atoms with E-state index in [2.05, 4.69) is 5.32 Å². The third kappa shape index (κ3) is 5.28. The van der Waals surface area contributed by atoms with Crippen LogP contribution < -0.4 is 5.32 Å². The number of carbonyl (C=O) groups excluding carboxylic acids is 2. The number of amides is 2. The maximum Gasteiger partial charge on any atom is 0.247 e. The van der Waals surface area contributed by atoms with Crippen LogP contribution in [0.1, 0.15) is 23.6 Å². The number of benzene rings is 3. The number of hydrogen-bond acceptors (Lipinski definition) is 4. The summed E-state index contributed by atoms with van der Waals surface area (Å²) in [6, 6.07) is 25.3. The van der Waals surface area contributed by atoms with Gasteiger partial charge in [0.15, 0.2) is 0 Å². The maximum absolute atomic E-state index is 13.6. The van der Waals surface area contributed by atoms with Crippen molar-refractivity contribution in [3.05, 3.63) is 102 Å². The molecule has 0 radical (unpaired) electrons. The van der Waals surface area contributed by atoms with E-state index < -0.39 is 27.4 Å². The van der Waals surface area contributed by atoms with Gasteiger partial charge in [0.05, 0.1) is 11.4 Å². The normalized spacial score (nSPS) is 18.9. The molecular weight excluding hydrogens is 462 g/mol. The molecule has 1 N–H and O–H groups in total. The van der Waals surface area contributed by atoms with Gasteiger partial charge in [-0.05, 0) is 37.1 Å². The minimum Gasteiger partial charge on any atom is -0.350 e. The van der Waals surface area contributed by atoms with Crippen LogP contribution in [0.5, 0.6) is 0 Å². The Morgan fingerprint density at radius 3 is 2.09 bits per heavy atom. The summed E-state index contributed by atoms with van der Waals surface area (Å²) in [4.78, 5) is 28.5. The summed E-state index contributed by atoms with van der Waals surface area (Å²) >= 11 is 0. The molecule has 182 valence electrons. The Morgan fingerprint density at radius 2 is 1.49 bits per heavy atom. The Bertz CT molecular complexity index is 1300. The first-order valence-electron chi connectivity index (χ1n) is 11.4. The van der Waals surface area contributed by atoms with Gasteiger partial charge in [-0.2, -0.15) is 4.31 Å². The summed E-state index contributed by atoms with van der Waals surface area (Å²) in [6.07, 6.45) is 0. The van der Waals surface area contributed by atoms with Crippen molar-refractivity contribution in [2.75, 3.05) is 13.1 Å². The van der Waals surface area contributed by atoms with Gasteiger partial charge >= 0.3 is 0 Å². The fourth-order valence-corrected chi connectivity index (χ4v) is 5.70. The molecular formula is C27H29N3O4S. The van der Waals surface area contributed by atoms with Crippen LogP contribution in [0.2, 0.25) is 0 Å². The number of hydrogen-bond donors (Lipinski definition) is 1. The topological polar surface area (TPSA) is 86.8 Å². The molecule has 8 heteroatoms. The van der Waals surface area contributed by atoms with Crippen LogP contribution in [0.15, 0.2) is 89.8 Å². The van der Waals surface area contributed by atoms with Crippen molar-refractivity contribution in [1.82, 2.24) is 14.5 Å². The summed E-state index contributed by atoms with van der Waals surface area (Å²) in [7, 11) is -3.97. The molecule has 35 heavy (non-hydrogen) atoms. The minimum absolute atomic E-state index is 0.0967. The molecule has 0 bridgehead atoms. The molecule has 0 aliphatic carbocycles. The lowest BCUT2D eigenvalue weighted by molar-refractivity contribution is -0.153. The molecule has 3 aromatic rings. The van der Waals surface area contributed by atoms with Crippen LogP contribution in [0.4, 0.5) is 0 Å². The van der Waals surface area contributed by atoms with Gasteiger partial charge in [-0.25, -0.2) is 8.42 Å². The van der Waals surface area contributed by atoms with Crippen molar-refractivity contribution >= 4 is 21.8 Å². The third-order valence-electron chi connectivity index (χ3n) is 6.32. The van der Waals surface area contributed by atoms with Gasteiger partial charge in [-0.1, -0.05) is 78.4 Å². The van der Waals surface area contributed by atoms with E-state index in [9.17, 15) is 18.0 Å². The van der Waals surface area contributed by atoms with Crippen molar-refractivity contribution in [3.8, 4) is 0 Å². The van der Waals surface area contributed by atoms with Gasteiger partial charge < -0.3 is 10.2 Å². The molecule has 1 atom stereocenters. The number of nitrogens with one attached hydrogen (secondary N) is 1. The number of piperazine rings is 1. The van der Waals surface area contributed by atoms with Gasteiger partial charge in [0.2, 0.25) is 21.8 Å². The quantitative estimate of drug-likeness (QED) is 0.550. The van der Waals surface area contributed by atoms with Crippen LogP contribution in [-0.4, -0.2) is 48.1 Å². The Kier molecular flexibility index (Phi) is 7.05. The smallest absolute Gasteiger partial charge is 0.247 e. The molecule has 0 unspecified atom stereocenters. The third-order valence-corrected chi connectivity index (χ3v) is 8.13. The predicted molar refractivity (Wildman–Crippen MR) is 134 cm³/mol. The van der Waals surface area contributed by atoms with Crippen molar-refractivity contribution in [3.63, 3.8) is 0 Å². The summed E-state index contributed by atoms with van der Waals surface area (Å²) in [5, 5.41) is 2.91. The van der Waals surface area contributed by atoms with Gasteiger partial charge in [0.25, 0.3) is 0 Å². The Morgan fingerprint density at radius 1 is 0.914 bits per heavy atom. The maximum atomic E-state index is 13.6. The minimum atomic E-state index is -3.97. The second kappa shape index (κ2) is 10.0. The molecule has 0 aromatic heterocycles. The first kappa shape index (κ1) is 24.6. The number of carbonyl (C=O) groups is 2. The number of rotatable bonds is 7. The van der Waals surface area contributed by atoms with E-state index in [4.69, 9.17) is 0 Å². The van der Waals surface area contributed by atoms with Gasteiger partial charge in [-0.3, -0.25) is 9.59 Å².